The van der Waals surface area contributed by atoms with E-state index in [0.717, 1.165) is 11.1 Å². The first-order valence-corrected chi connectivity index (χ1v) is 12.2. The number of carbonyl (C=O) groups excluding carboxylic acids is 3. The second-order valence-corrected chi connectivity index (χ2v) is 9.99. The van der Waals surface area contributed by atoms with Crippen molar-refractivity contribution in [3.63, 3.8) is 0 Å². The van der Waals surface area contributed by atoms with E-state index >= 15 is 0 Å². The van der Waals surface area contributed by atoms with Crippen LogP contribution in [0.5, 0.6) is 0 Å². The Morgan fingerprint density at radius 1 is 0.972 bits per heavy atom. The molecule has 1 heterocycles. The minimum absolute atomic E-state index is 0.110. The van der Waals surface area contributed by atoms with Crippen LogP contribution in [0.15, 0.2) is 60.7 Å². The third-order valence-electron chi connectivity index (χ3n) is 5.71. The Bertz CT molecular complexity index is 1010. The number of ketones is 1. The van der Waals surface area contributed by atoms with Crippen molar-refractivity contribution in [1.29, 1.82) is 0 Å². The number of piperidine rings is 1. The van der Waals surface area contributed by atoms with E-state index < -0.39 is 29.9 Å². The first-order chi connectivity index (χ1) is 17.1. The zero-order valence-electron chi connectivity index (χ0n) is 21.5. The van der Waals surface area contributed by atoms with Crippen LogP contribution < -0.4 is 0 Å². The number of rotatable bonds is 8. The lowest BCUT2D eigenvalue weighted by molar-refractivity contribution is -0.127. The molecule has 2 atom stereocenters. The number of ether oxygens (including phenoxy) is 3. The van der Waals surface area contributed by atoms with Gasteiger partial charge in [0.1, 0.15) is 18.8 Å². The first-order valence-electron chi connectivity index (χ1n) is 12.2. The van der Waals surface area contributed by atoms with E-state index in [0.29, 0.717) is 19.5 Å². The minimum atomic E-state index is -0.635. The SMILES string of the molecule is CC(=O)COC1CN(C(=O)OC(C)(C)C)CCC1N(Cc1ccccc1)C(=O)OCc1ccccc1. The number of hydrogen-bond donors (Lipinski definition) is 0. The van der Waals surface area contributed by atoms with Gasteiger partial charge in [-0.2, -0.15) is 0 Å². The van der Waals surface area contributed by atoms with Crippen LogP contribution in [-0.4, -0.2) is 65.2 Å². The Morgan fingerprint density at radius 3 is 2.17 bits per heavy atom. The standard InChI is InChI=1S/C28H36N2O6/c1-21(31)19-34-25-18-29(26(32)36-28(2,3)4)16-15-24(25)30(17-22-11-7-5-8-12-22)27(33)35-20-23-13-9-6-10-14-23/h5-14,24-25H,15-20H2,1-4H3. The summed E-state index contributed by atoms with van der Waals surface area (Å²) in [5, 5.41) is 0. The maximum absolute atomic E-state index is 13.4. The summed E-state index contributed by atoms with van der Waals surface area (Å²) in [6.45, 7) is 7.80. The Labute approximate surface area is 213 Å². The summed E-state index contributed by atoms with van der Waals surface area (Å²) >= 11 is 0. The summed E-state index contributed by atoms with van der Waals surface area (Å²) in [5.74, 6) is -0.135. The van der Waals surface area contributed by atoms with Crippen molar-refractivity contribution in [2.24, 2.45) is 0 Å². The van der Waals surface area contributed by atoms with E-state index in [2.05, 4.69) is 0 Å². The second kappa shape index (κ2) is 12.5. The average molecular weight is 497 g/mol. The van der Waals surface area contributed by atoms with Crippen LogP contribution in [0.4, 0.5) is 9.59 Å². The molecule has 0 aromatic heterocycles. The van der Waals surface area contributed by atoms with Crippen molar-refractivity contribution in [2.75, 3.05) is 19.7 Å². The number of nitrogens with zero attached hydrogens (tertiary/aromatic N) is 2. The fourth-order valence-corrected chi connectivity index (χ4v) is 4.04. The maximum atomic E-state index is 13.4. The molecule has 194 valence electrons. The van der Waals surface area contributed by atoms with Gasteiger partial charge in [0.05, 0.1) is 18.7 Å². The average Bonchev–Trinajstić information content (AvgIpc) is 2.84. The van der Waals surface area contributed by atoms with Gasteiger partial charge >= 0.3 is 12.2 Å². The zero-order chi connectivity index (χ0) is 26.1. The van der Waals surface area contributed by atoms with Gasteiger partial charge in [0.2, 0.25) is 0 Å². The highest BCUT2D eigenvalue weighted by molar-refractivity contribution is 5.76. The number of likely N-dealkylation sites (tertiary alicyclic amines) is 1. The summed E-state index contributed by atoms with van der Waals surface area (Å²) in [6.07, 6.45) is -1.05. The molecule has 1 saturated heterocycles. The molecule has 1 fully saturated rings. The molecule has 2 aromatic carbocycles. The summed E-state index contributed by atoms with van der Waals surface area (Å²) in [7, 11) is 0. The van der Waals surface area contributed by atoms with Crippen molar-refractivity contribution in [3.05, 3.63) is 71.8 Å². The van der Waals surface area contributed by atoms with Crippen molar-refractivity contribution >= 4 is 18.0 Å². The Balaban J connectivity index is 1.81. The van der Waals surface area contributed by atoms with Crippen LogP contribution in [-0.2, 0) is 32.2 Å². The fourth-order valence-electron chi connectivity index (χ4n) is 4.04. The highest BCUT2D eigenvalue weighted by atomic mass is 16.6. The highest BCUT2D eigenvalue weighted by Gasteiger charge is 2.39. The maximum Gasteiger partial charge on any atom is 0.410 e. The monoisotopic (exact) mass is 496 g/mol. The summed E-state index contributed by atoms with van der Waals surface area (Å²) in [4.78, 5) is 41.1. The van der Waals surface area contributed by atoms with Crippen molar-refractivity contribution in [1.82, 2.24) is 9.80 Å². The van der Waals surface area contributed by atoms with Gasteiger partial charge in [0.15, 0.2) is 5.78 Å². The summed E-state index contributed by atoms with van der Waals surface area (Å²) in [6, 6.07) is 18.7. The van der Waals surface area contributed by atoms with E-state index in [1.165, 1.54) is 6.92 Å². The molecule has 0 N–H and O–H groups in total. The molecule has 2 aromatic rings. The molecule has 2 unspecified atom stereocenters. The van der Waals surface area contributed by atoms with Crippen LogP contribution in [0, 0.1) is 0 Å². The third kappa shape index (κ3) is 8.37. The van der Waals surface area contributed by atoms with Crippen LogP contribution in [0.25, 0.3) is 0 Å². The molecule has 0 aliphatic carbocycles. The van der Waals surface area contributed by atoms with Gasteiger partial charge in [-0.25, -0.2) is 9.59 Å². The summed E-state index contributed by atoms with van der Waals surface area (Å²) < 4.78 is 17.2. The van der Waals surface area contributed by atoms with Gasteiger partial charge in [-0.3, -0.25) is 9.69 Å². The Hall–Kier alpha value is -3.39. The quantitative estimate of drug-likeness (QED) is 0.522. The number of amides is 2. The topological polar surface area (TPSA) is 85.4 Å². The molecular formula is C28H36N2O6. The molecular weight excluding hydrogens is 460 g/mol. The predicted octanol–water partition coefficient (Wildman–Crippen LogP) is 4.81. The van der Waals surface area contributed by atoms with Gasteiger partial charge < -0.3 is 19.1 Å². The number of hydrogen-bond acceptors (Lipinski definition) is 6. The molecule has 0 spiro atoms. The van der Waals surface area contributed by atoms with Gasteiger partial charge in [-0.15, -0.1) is 0 Å². The number of carbonyl (C=O) groups is 3. The lowest BCUT2D eigenvalue weighted by Crippen LogP contribution is -2.58. The normalized spacial score (nSPS) is 17.8. The smallest absolute Gasteiger partial charge is 0.410 e. The number of Topliss-reactive ketones (excluding diaryl/α,β-unsaturated/α-hetero) is 1. The Kier molecular flexibility index (Phi) is 9.47. The van der Waals surface area contributed by atoms with Gasteiger partial charge in [-0.1, -0.05) is 60.7 Å². The summed E-state index contributed by atoms with van der Waals surface area (Å²) in [5.41, 5.74) is 1.19. The molecule has 8 nitrogen and oxygen atoms in total. The Morgan fingerprint density at radius 2 is 1.58 bits per heavy atom. The van der Waals surface area contributed by atoms with E-state index in [1.54, 1.807) is 9.80 Å². The molecule has 0 bridgehead atoms. The van der Waals surface area contributed by atoms with Crippen LogP contribution in [0.2, 0.25) is 0 Å². The zero-order valence-corrected chi connectivity index (χ0v) is 21.5. The largest absolute Gasteiger partial charge is 0.445 e. The lowest BCUT2D eigenvalue weighted by Gasteiger charge is -2.43. The van der Waals surface area contributed by atoms with Crippen LogP contribution >= 0.6 is 0 Å². The number of benzene rings is 2. The fraction of sp³-hybridized carbons (Fsp3) is 0.464. The van der Waals surface area contributed by atoms with Crippen molar-refractivity contribution in [3.8, 4) is 0 Å². The molecule has 0 radical (unpaired) electrons. The third-order valence-corrected chi connectivity index (χ3v) is 5.71. The molecule has 8 heteroatoms. The minimum Gasteiger partial charge on any atom is -0.445 e. The molecule has 3 rings (SSSR count). The van der Waals surface area contributed by atoms with Gasteiger partial charge in [-0.05, 0) is 45.2 Å². The molecule has 1 aliphatic heterocycles. The lowest BCUT2D eigenvalue weighted by atomic mass is 9.99. The predicted molar refractivity (Wildman–Crippen MR) is 135 cm³/mol. The van der Waals surface area contributed by atoms with E-state index in [4.69, 9.17) is 14.2 Å². The van der Waals surface area contributed by atoms with Crippen molar-refractivity contribution in [2.45, 2.75) is 65.0 Å². The van der Waals surface area contributed by atoms with E-state index in [9.17, 15) is 14.4 Å². The molecule has 0 saturated carbocycles. The van der Waals surface area contributed by atoms with E-state index in [-0.39, 0.29) is 25.5 Å². The van der Waals surface area contributed by atoms with Crippen LogP contribution in [0.3, 0.4) is 0 Å². The first kappa shape index (κ1) is 27.2. The molecule has 1 aliphatic rings. The van der Waals surface area contributed by atoms with Gasteiger partial charge in [0, 0.05) is 13.1 Å². The highest BCUT2D eigenvalue weighted by Crippen LogP contribution is 2.25. The van der Waals surface area contributed by atoms with Crippen LogP contribution in [0.1, 0.15) is 45.2 Å². The van der Waals surface area contributed by atoms with Crippen molar-refractivity contribution < 1.29 is 28.6 Å². The van der Waals surface area contributed by atoms with Gasteiger partial charge in [0.25, 0.3) is 0 Å². The second-order valence-electron chi connectivity index (χ2n) is 9.99. The molecule has 36 heavy (non-hydrogen) atoms. The van der Waals surface area contributed by atoms with E-state index in [1.807, 2.05) is 81.4 Å². The molecule has 2 amide bonds.